The number of benzene rings is 1. The molecule has 98 valence electrons. The van der Waals surface area contributed by atoms with Crippen LogP contribution in [-0.4, -0.2) is 17.5 Å². The largest absolute Gasteiger partial charge is 0.355 e. The fourth-order valence-corrected chi connectivity index (χ4v) is 2.92. The summed E-state index contributed by atoms with van der Waals surface area (Å²) in [4.78, 5) is 2.46. The first-order valence-electron chi connectivity index (χ1n) is 6.96. The van der Waals surface area contributed by atoms with Gasteiger partial charge in [-0.3, -0.25) is 0 Å². The first kappa shape index (κ1) is 13.3. The van der Waals surface area contributed by atoms with Crippen LogP contribution in [-0.2, 0) is 0 Å². The number of hydrogen-bond donors (Lipinski definition) is 0. The van der Waals surface area contributed by atoms with E-state index in [0.717, 1.165) is 13.1 Å². The number of fused-ring (bicyclic) bond motifs is 1. The maximum absolute atomic E-state index is 4.67. The Hall–Kier alpha value is -1.09. The van der Waals surface area contributed by atoms with E-state index >= 15 is 0 Å². The first-order chi connectivity index (χ1) is 8.86. The molecule has 0 fully saturated rings. The molecule has 0 aliphatic carbocycles. The Kier molecular flexibility index (Phi) is 5.00. The van der Waals surface area contributed by atoms with Crippen molar-refractivity contribution in [1.29, 1.82) is 0 Å². The minimum Gasteiger partial charge on any atom is -0.355 e. The molecular formula is C15H22N2S. The van der Waals surface area contributed by atoms with E-state index < -0.39 is 0 Å². The van der Waals surface area contributed by atoms with Crippen LogP contribution in [0.1, 0.15) is 39.5 Å². The van der Waals surface area contributed by atoms with Gasteiger partial charge < -0.3 is 4.90 Å². The van der Waals surface area contributed by atoms with Crippen molar-refractivity contribution in [3.05, 3.63) is 24.3 Å². The van der Waals surface area contributed by atoms with Gasteiger partial charge in [0.1, 0.15) is 5.82 Å². The van der Waals surface area contributed by atoms with Crippen molar-refractivity contribution >= 4 is 27.4 Å². The molecule has 1 aromatic heterocycles. The van der Waals surface area contributed by atoms with Crippen LogP contribution in [0, 0.1) is 0 Å². The zero-order valence-corrected chi connectivity index (χ0v) is 12.2. The van der Waals surface area contributed by atoms with Crippen LogP contribution in [0.4, 0.5) is 5.82 Å². The molecular weight excluding hydrogens is 240 g/mol. The molecule has 1 aromatic carbocycles. The summed E-state index contributed by atoms with van der Waals surface area (Å²) in [5.74, 6) is 1.19. The molecule has 18 heavy (non-hydrogen) atoms. The van der Waals surface area contributed by atoms with Crippen molar-refractivity contribution in [3.63, 3.8) is 0 Å². The lowest BCUT2D eigenvalue weighted by atomic mass is 10.2. The summed E-state index contributed by atoms with van der Waals surface area (Å²) >= 11 is 1.62. The van der Waals surface area contributed by atoms with Crippen LogP contribution in [0.5, 0.6) is 0 Å². The van der Waals surface area contributed by atoms with Crippen molar-refractivity contribution in [1.82, 2.24) is 4.37 Å². The average molecular weight is 262 g/mol. The first-order valence-corrected chi connectivity index (χ1v) is 7.73. The van der Waals surface area contributed by atoms with Gasteiger partial charge in [0.05, 0.1) is 4.70 Å². The zero-order chi connectivity index (χ0) is 12.8. The van der Waals surface area contributed by atoms with Gasteiger partial charge in [0.15, 0.2) is 0 Å². The van der Waals surface area contributed by atoms with Gasteiger partial charge >= 0.3 is 0 Å². The third-order valence-electron chi connectivity index (χ3n) is 3.22. The highest BCUT2D eigenvalue weighted by molar-refractivity contribution is 7.13. The summed E-state index contributed by atoms with van der Waals surface area (Å²) < 4.78 is 5.97. The van der Waals surface area contributed by atoms with Gasteiger partial charge in [-0.2, -0.15) is 4.37 Å². The van der Waals surface area contributed by atoms with Crippen LogP contribution in [0.3, 0.4) is 0 Å². The highest BCUT2D eigenvalue weighted by atomic mass is 32.1. The lowest BCUT2D eigenvalue weighted by Gasteiger charge is -2.22. The second kappa shape index (κ2) is 6.74. The van der Waals surface area contributed by atoms with Crippen LogP contribution < -0.4 is 4.90 Å². The maximum Gasteiger partial charge on any atom is 0.150 e. The average Bonchev–Trinajstić information content (AvgIpc) is 2.83. The lowest BCUT2D eigenvalue weighted by Crippen LogP contribution is -2.25. The molecule has 0 spiro atoms. The molecule has 3 heteroatoms. The van der Waals surface area contributed by atoms with Gasteiger partial charge in [0, 0.05) is 18.5 Å². The molecule has 0 saturated heterocycles. The molecule has 0 atom stereocenters. The Bertz CT molecular complexity index is 470. The Labute approximate surface area is 114 Å². The van der Waals surface area contributed by atoms with E-state index in [2.05, 4.69) is 47.4 Å². The van der Waals surface area contributed by atoms with Crippen molar-refractivity contribution in [3.8, 4) is 0 Å². The van der Waals surface area contributed by atoms with Crippen LogP contribution in [0.15, 0.2) is 24.3 Å². The Morgan fingerprint density at radius 2 is 1.72 bits per heavy atom. The van der Waals surface area contributed by atoms with Crippen LogP contribution in [0.2, 0.25) is 0 Å². The fraction of sp³-hybridized carbons (Fsp3) is 0.533. The minimum atomic E-state index is 1.13. The van der Waals surface area contributed by atoms with E-state index in [1.54, 1.807) is 11.5 Å². The Morgan fingerprint density at radius 1 is 1.06 bits per heavy atom. The predicted octanol–water partition coefficient (Wildman–Crippen LogP) is 4.70. The van der Waals surface area contributed by atoms with Gasteiger partial charge in [-0.15, -0.1) is 0 Å². The van der Waals surface area contributed by atoms with Gasteiger partial charge in [-0.1, -0.05) is 38.8 Å². The standard InChI is InChI=1S/C15H22N2S/c1-3-5-11-17(12-6-4-2)15-13-9-7-8-10-14(13)18-16-15/h7-10H,3-6,11-12H2,1-2H3. The molecule has 2 nitrogen and oxygen atoms in total. The number of unbranched alkanes of at least 4 members (excludes halogenated alkanes) is 2. The van der Waals surface area contributed by atoms with Crippen molar-refractivity contribution in [2.75, 3.05) is 18.0 Å². The second-order valence-corrected chi connectivity index (χ2v) is 5.50. The monoisotopic (exact) mass is 262 g/mol. The van der Waals surface area contributed by atoms with Crippen LogP contribution >= 0.6 is 11.5 Å². The van der Waals surface area contributed by atoms with Gasteiger partial charge in [0.2, 0.25) is 0 Å². The van der Waals surface area contributed by atoms with E-state index in [1.807, 2.05) is 0 Å². The molecule has 0 unspecified atom stereocenters. The highest BCUT2D eigenvalue weighted by Crippen LogP contribution is 2.29. The Balaban J connectivity index is 2.22. The summed E-state index contributed by atoms with van der Waals surface area (Å²) in [5.41, 5.74) is 0. The molecule has 2 rings (SSSR count). The molecule has 2 aromatic rings. The summed E-state index contributed by atoms with van der Waals surface area (Å²) in [7, 11) is 0. The molecule has 0 amide bonds. The van der Waals surface area contributed by atoms with Gasteiger partial charge in [-0.25, -0.2) is 0 Å². The molecule has 0 aliphatic heterocycles. The fourth-order valence-electron chi connectivity index (χ4n) is 2.12. The maximum atomic E-state index is 4.67. The van der Waals surface area contributed by atoms with E-state index in [1.165, 1.54) is 41.6 Å². The third kappa shape index (κ3) is 3.02. The van der Waals surface area contributed by atoms with Crippen molar-refractivity contribution in [2.24, 2.45) is 0 Å². The van der Waals surface area contributed by atoms with Crippen molar-refractivity contribution < 1.29 is 0 Å². The quantitative estimate of drug-likeness (QED) is 0.719. The number of hydrogen-bond acceptors (Lipinski definition) is 3. The summed E-state index contributed by atoms with van der Waals surface area (Å²) in [5, 5.41) is 1.31. The normalized spacial score (nSPS) is 11.0. The SMILES string of the molecule is CCCCN(CCCC)c1nsc2ccccc12. The second-order valence-electron chi connectivity index (χ2n) is 4.70. The van der Waals surface area contributed by atoms with Gasteiger partial charge in [0.25, 0.3) is 0 Å². The van der Waals surface area contributed by atoms with E-state index in [9.17, 15) is 0 Å². The minimum absolute atomic E-state index is 1.13. The van der Waals surface area contributed by atoms with Gasteiger partial charge in [-0.05, 0) is 36.5 Å². The summed E-state index contributed by atoms with van der Waals surface area (Å²) in [6, 6.07) is 8.55. The smallest absolute Gasteiger partial charge is 0.150 e. The zero-order valence-electron chi connectivity index (χ0n) is 11.4. The number of aromatic nitrogens is 1. The van der Waals surface area contributed by atoms with E-state index in [-0.39, 0.29) is 0 Å². The Morgan fingerprint density at radius 3 is 2.39 bits per heavy atom. The summed E-state index contributed by atoms with van der Waals surface area (Å²) in [6.45, 7) is 6.75. The topological polar surface area (TPSA) is 16.1 Å². The predicted molar refractivity (Wildman–Crippen MR) is 81.6 cm³/mol. The number of nitrogens with zero attached hydrogens (tertiary/aromatic N) is 2. The highest BCUT2D eigenvalue weighted by Gasteiger charge is 2.12. The molecule has 0 N–H and O–H groups in total. The molecule has 0 saturated carbocycles. The lowest BCUT2D eigenvalue weighted by molar-refractivity contribution is 0.675. The molecule has 0 aliphatic rings. The third-order valence-corrected chi connectivity index (χ3v) is 4.04. The van der Waals surface area contributed by atoms with Crippen LogP contribution in [0.25, 0.3) is 10.1 Å². The van der Waals surface area contributed by atoms with Crippen molar-refractivity contribution in [2.45, 2.75) is 39.5 Å². The molecule has 0 radical (unpaired) electrons. The van der Waals surface area contributed by atoms with E-state index in [0.29, 0.717) is 0 Å². The molecule has 0 bridgehead atoms. The number of rotatable bonds is 7. The molecule has 1 heterocycles. The van der Waals surface area contributed by atoms with E-state index in [4.69, 9.17) is 0 Å². The number of anilines is 1. The summed E-state index contributed by atoms with van der Waals surface area (Å²) in [6.07, 6.45) is 4.97.